The van der Waals surface area contributed by atoms with Gasteiger partial charge >= 0.3 is 0 Å². The number of nitrogens with two attached hydrogens (primary N) is 4. The van der Waals surface area contributed by atoms with Crippen molar-refractivity contribution in [1.82, 2.24) is 5.32 Å². The van der Waals surface area contributed by atoms with E-state index in [1.54, 1.807) is 7.05 Å². The summed E-state index contributed by atoms with van der Waals surface area (Å²) < 4.78 is 29.2. The Bertz CT molecular complexity index is 756. The molecule has 4 fully saturated rings. The van der Waals surface area contributed by atoms with Crippen LogP contribution in [0.1, 0.15) is 12.8 Å². The normalized spacial score (nSPS) is 55.1. The topological polar surface area (TPSA) is 284 Å². The molecule has 0 spiro atoms. The number of aliphatic hydroxyl groups excluding tert-OH is 6. The zero-order valence-corrected chi connectivity index (χ0v) is 20.5. The maximum absolute atomic E-state index is 11.1. The lowest BCUT2D eigenvalue weighted by Crippen LogP contribution is -2.70. The van der Waals surface area contributed by atoms with E-state index in [0.29, 0.717) is 0 Å². The van der Waals surface area contributed by atoms with Gasteiger partial charge in [0, 0.05) is 12.1 Å². The van der Waals surface area contributed by atoms with Crippen LogP contribution in [0.4, 0.5) is 0 Å². The van der Waals surface area contributed by atoms with Gasteiger partial charge in [-0.05, 0) is 19.9 Å². The van der Waals surface area contributed by atoms with Gasteiger partial charge in [0.25, 0.3) is 0 Å². The molecule has 0 aromatic carbocycles. The van der Waals surface area contributed by atoms with Crippen LogP contribution >= 0.6 is 0 Å². The molecule has 1 saturated carbocycles. The number of rotatable bonds is 6. The Labute approximate surface area is 213 Å². The predicted octanol–water partition coefficient (Wildman–Crippen LogP) is -6.95. The third-order valence-corrected chi connectivity index (χ3v) is 7.74. The van der Waals surface area contributed by atoms with Gasteiger partial charge in [0.1, 0.15) is 42.7 Å². The van der Waals surface area contributed by atoms with E-state index in [2.05, 4.69) is 5.32 Å². The van der Waals surface area contributed by atoms with Crippen molar-refractivity contribution in [3.8, 4) is 0 Å². The third kappa shape index (κ3) is 5.66. The van der Waals surface area contributed by atoms with Crippen LogP contribution in [0.5, 0.6) is 0 Å². The molecule has 0 amide bonds. The van der Waals surface area contributed by atoms with Crippen LogP contribution in [0, 0.1) is 0 Å². The summed E-state index contributed by atoms with van der Waals surface area (Å²) in [7, 11) is 1.55. The first-order chi connectivity index (χ1) is 17.5. The summed E-state index contributed by atoms with van der Waals surface area (Å²) in [5.41, 5.74) is 24.0. The minimum Gasteiger partial charge on any atom is -0.394 e. The van der Waals surface area contributed by atoms with Gasteiger partial charge in [-0.15, -0.1) is 0 Å². The molecular formula is C21H41N5O11. The predicted molar refractivity (Wildman–Crippen MR) is 123 cm³/mol. The van der Waals surface area contributed by atoms with E-state index >= 15 is 0 Å². The van der Waals surface area contributed by atoms with Crippen molar-refractivity contribution in [3.63, 3.8) is 0 Å². The Morgan fingerprint density at radius 2 is 1.43 bits per heavy atom. The molecular weight excluding hydrogens is 498 g/mol. The number of hydrogen-bond donors (Lipinski definition) is 11. The second-order valence-electron chi connectivity index (χ2n) is 10.3. The molecule has 3 saturated heterocycles. The van der Waals surface area contributed by atoms with Gasteiger partial charge in [0.15, 0.2) is 18.9 Å². The van der Waals surface area contributed by atoms with Crippen LogP contribution in [0.3, 0.4) is 0 Å². The molecule has 16 heteroatoms. The van der Waals surface area contributed by atoms with Crippen LogP contribution < -0.4 is 28.3 Å². The Kier molecular flexibility index (Phi) is 9.40. The molecule has 15 N–H and O–H groups in total. The highest BCUT2D eigenvalue weighted by Gasteiger charge is 2.54. The molecule has 0 aromatic heterocycles. The van der Waals surface area contributed by atoms with Crippen molar-refractivity contribution in [2.75, 3.05) is 13.7 Å². The van der Waals surface area contributed by atoms with Crippen molar-refractivity contribution >= 4 is 0 Å². The highest BCUT2D eigenvalue weighted by molar-refractivity contribution is 5.01. The summed E-state index contributed by atoms with van der Waals surface area (Å²) in [6.07, 6.45) is -13.7. The average molecular weight is 540 g/mol. The Hall–Kier alpha value is -0.640. The van der Waals surface area contributed by atoms with Crippen molar-refractivity contribution in [1.29, 1.82) is 0 Å². The van der Waals surface area contributed by atoms with Crippen LogP contribution in [-0.4, -0.2) is 148 Å². The zero-order chi connectivity index (χ0) is 27.2. The average Bonchev–Trinajstić information content (AvgIpc) is 2.86. The number of ether oxygens (including phenoxy) is 5. The van der Waals surface area contributed by atoms with Crippen LogP contribution in [0.15, 0.2) is 0 Å². The molecule has 4 rings (SSSR count). The molecule has 3 heterocycles. The molecule has 1 aliphatic carbocycles. The molecule has 0 radical (unpaired) electrons. The SMILES string of the molecule is CNC1C(O[C@H]2OC(CO)[C@@H](N)C(O)C2O)O[C@H]2CC(N)[C@@H](O[C@@H]3C(N)C[C@@H](N)C(O)C3O)OC2C1O. The Morgan fingerprint density at radius 1 is 0.730 bits per heavy atom. The number of nitrogens with one attached hydrogen (secondary N) is 1. The number of hydrogen-bond acceptors (Lipinski definition) is 16. The van der Waals surface area contributed by atoms with Gasteiger partial charge in [-0.1, -0.05) is 0 Å². The zero-order valence-electron chi connectivity index (χ0n) is 20.5. The second-order valence-corrected chi connectivity index (χ2v) is 10.3. The van der Waals surface area contributed by atoms with Crippen molar-refractivity contribution in [3.05, 3.63) is 0 Å². The number of fused-ring (bicyclic) bond motifs is 1. The fourth-order valence-electron chi connectivity index (χ4n) is 5.46. The lowest BCUT2D eigenvalue weighted by atomic mass is 9.84. The van der Waals surface area contributed by atoms with Gasteiger partial charge in [0.2, 0.25) is 0 Å². The van der Waals surface area contributed by atoms with Crippen LogP contribution in [0.2, 0.25) is 0 Å². The van der Waals surface area contributed by atoms with E-state index in [1.165, 1.54) is 0 Å². The van der Waals surface area contributed by atoms with Crippen LogP contribution in [0.25, 0.3) is 0 Å². The smallest absolute Gasteiger partial charge is 0.189 e. The first-order valence-electron chi connectivity index (χ1n) is 12.5. The second kappa shape index (κ2) is 11.8. The molecule has 37 heavy (non-hydrogen) atoms. The largest absolute Gasteiger partial charge is 0.394 e. The molecule has 0 aromatic rings. The van der Waals surface area contributed by atoms with Crippen molar-refractivity contribution in [2.45, 2.75) is 117 Å². The highest BCUT2D eigenvalue weighted by atomic mass is 16.8. The monoisotopic (exact) mass is 539 g/mol. The van der Waals surface area contributed by atoms with Gasteiger partial charge in [0.05, 0.1) is 36.9 Å². The summed E-state index contributed by atoms with van der Waals surface area (Å²) in [5.74, 6) is 0. The number of likely N-dealkylation sites (N-methyl/N-ethyl adjacent to an activating group) is 1. The van der Waals surface area contributed by atoms with Gasteiger partial charge in [-0.2, -0.15) is 0 Å². The van der Waals surface area contributed by atoms with E-state index in [1.807, 2.05) is 0 Å². The molecule has 0 bridgehead atoms. The lowest BCUT2D eigenvalue weighted by molar-refractivity contribution is -0.373. The van der Waals surface area contributed by atoms with E-state index in [9.17, 15) is 30.6 Å². The van der Waals surface area contributed by atoms with E-state index in [4.69, 9.17) is 46.6 Å². The first-order valence-corrected chi connectivity index (χ1v) is 12.5. The Balaban J connectivity index is 1.43. The standard InChI is InChI=1S/C21H41N5O11/c1-26-11-14(30)18-8(33-20(11)37-21-16(32)13(29)10(25)9(4-27)34-21)3-7(24)19(36-18)35-17-6(23)2-5(22)12(28)15(17)31/h5-21,26-32H,2-4,22-25H2,1H3/t5-,6?,7?,8+,9?,10-,11?,12?,13?,14?,15?,16?,17-,18?,19+,20?,21-/m1/s1. The number of aliphatic hydroxyl groups is 6. The summed E-state index contributed by atoms with van der Waals surface area (Å²) in [6.45, 7) is -0.508. The summed E-state index contributed by atoms with van der Waals surface area (Å²) >= 11 is 0. The van der Waals surface area contributed by atoms with E-state index in [0.717, 1.165) is 0 Å². The van der Waals surface area contributed by atoms with Gasteiger partial charge in [-0.25, -0.2) is 0 Å². The Morgan fingerprint density at radius 3 is 2.08 bits per heavy atom. The third-order valence-electron chi connectivity index (χ3n) is 7.74. The highest BCUT2D eigenvalue weighted by Crippen LogP contribution is 2.35. The maximum atomic E-state index is 11.1. The summed E-state index contributed by atoms with van der Waals surface area (Å²) in [4.78, 5) is 0. The van der Waals surface area contributed by atoms with E-state index < -0.39 is 111 Å². The first kappa shape index (κ1) is 29.3. The van der Waals surface area contributed by atoms with Crippen molar-refractivity contribution < 1.29 is 54.3 Å². The molecule has 216 valence electrons. The molecule has 16 nitrogen and oxygen atoms in total. The molecule has 17 atom stereocenters. The maximum Gasteiger partial charge on any atom is 0.189 e. The van der Waals surface area contributed by atoms with Gasteiger partial charge in [-0.3, -0.25) is 0 Å². The van der Waals surface area contributed by atoms with E-state index in [-0.39, 0.29) is 12.8 Å². The summed E-state index contributed by atoms with van der Waals surface area (Å²) in [6, 6.07) is -4.05. The minimum atomic E-state index is -1.54. The van der Waals surface area contributed by atoms with Gasteiger partial charge < -0.3 is 82.6 Å². The van der Waals surface area contributed by atoms with Crippen LogP contribution in [-0.2, 0) is 23.7 Å². The molecule has 4 aliphatic rings. The fourth-order valence-corrected chi connectivity index (χ4v) is 5.46. The molecule has 3 aliphatic heterocycles. The fraction of sp³-hybridized carbons (Fsp3) is 1.00. The summed E-state index contributed by atoms with van der Waals surface area (Å²) in [5, 5.41) is 64.7. The lowest BCUT2D eigenvalue weighted by Gasteiger charge is -2.51. The van der Waals surface area contributed by atoms with Crippen molar-refractivity contribution in [2.24, 2.45) is 22.9 Å². The minimum absolute atomic E-state index is 0.156. The quantitative estimate of drug-likeness (QED) is 0.149. The molecule has 11 unspecified atom stereocenters.